The Bertz CT molecular complexity index is 1350. The van der Waals surface area contributed by atoms with Gasteiger partial charge in [0.25, 0.3) is 5.91 Å². The molecule has 1 atom stereocenters. The molecule has 1 heterocycles. The number of benzene rings is 3. The van der Waals surface area contributed by atoms with Crippen molar-refractivity contribution in [2.45, 2.75) is 25.9 Å². The van der Waals surface area contributed by atoms with Gasteiger partial charge in [-0.2, -0.15) is 0 Å². The molecule has 0 spiro atoms. The van der Waals surface area contributed by atoms with Crippen LogP contribution in [0.2, 0.25) is 0 Å². The van der Waals surface area contributed by atoms with Crippen molar-refractivity contribution in [3.8, 4) is 11.5 Å². The van der Waals surface area contributed by atoms with Crippen molar-refractivity contribution >= 4 is 29.3 Å². The van der Waals surface area contributed by atoms with Crippen molar-refractivity contribution in [2.24, 2.45) is 0 Å². The smallest absolute Gasteiger partial charge is 0.338 e. The molecule has 0 saturated carbocycles. The Hall–Kier alpha value is -4.50. The summed E-state index contributed by atoms with van der Waals surface area (Å²) in [6.45, 7) is 2.00. The third-order valence-electron chi connectivity index (χ3n) is 6.22. The number of carbonyl (C=O) groups is 4. The highest BCUT2D eigenvalue weighted by Crippen LogP contribution is 2.28. The highest BCUT2D eigenvalue weighted by molar-refractivity contribution is 6.22. The number of amides is 2. The number of nitrogens with one attached hydrogen (secondary N) is 1. The van der Waals surface area contributed by atoms with Crippen LogP contribution in [0.4, 0.5) is 5.69 Å². The topological polar surface area (TPSA) is 111 Å². The van der Waals surface area contributed by atoms with Crippen LogP contribution in [0.1, 0.15) is 38.3 Å². The van der Waals surface area contributed by atoms with Crippen molar-refractivity contribution in [3.63, 3.8) is 0 Å². The first-order valence-corrected chi connectivity index (χ1v) is 12.0. The number of esters is 1. The number of ketones is 1. The average molecular weight is 517 g/mol. The highest BCUT2D eigenvalue weighted by Gasteiger charge is 2.39. The molecule has 1 N–H and O–H groups in total. The van der Waals surface area contributed by atoms with E-state index < -0.39 is 24.4 Å². The van der Waals surface area contributed by atoms with E-state index in [1.165, 1.54) is 44.6 Å². The third-order valence-corrected chi connectivity index (χ3v) is 6.22. The van der Waals surface area contributed by atoms with Crippen molar-refractivity contribution in [1.82, 2.24) is 5.32 Å². The van der Waals surface area contributed by atoms with Gasteiger partial charge in [-0.3, -0.25) is 14.4 Å². The van der Waals surface area contributed by atoms with Crippen LogP contribution < -0.4 is 19.7 Å². The molecule has 1 aliphatic heterocycles. The normalized spacial score (nSPS) is 14.9. The molecule has 0 bridgehead atoms. The number of hydrogen-bond donors (Lipinski definition) is 1. The molecule has 1 unspecified atom stereocenters. The van der Waals surface area contributed by atoms with E-state index >= 15 is 0 Å². The SMILES string of the molecule is COc1ccc(C(=O)COC(=O)c2ccc(N3C(=O)CC(NCc4ccc(C)cc4)C3=O)cc2)cc1OC. The Morgan fingerprint density at radius 3 is 2.21 bits per heavy atom. The van der Waals surface area contributed by atoms with Gasteiger partial charge in [0, 0.05) is 12.1 Å². The fourth-order valence-electron chi connectivity index (χ4n) is 4.06. The summed E-state index contributed by atoms with van der Waals surface area (Å²) >= 11 is 0. The number of rotatable bonds is 10. The maximum atomic E-state index is 12.9. The van der Waals surface area contributed by atoms with E-state index in [4.69, 9.17) is 14.2 Å². The molecule has 0 radical (unpaired) electrons. The van der Waals surface area contributed by atoms with E-state index in [2.05, 4.69) is 5.32 Å². The van der Waals surface area contributed by atoms with Gasteiger partial charge in [-0.05, 0) is 55.0 Å². The van der Waals surface area contributed by atoms with E-state index in [1.807, 2.05) is 31.2 Å². The van der Waals surface area contributed by atoms with Gasteiger partial charge in [0.1, 0.15) is 0 Å². The van der Waals surface area contributed by atoms with Gasteiger partial charge < -0.3 is 19.5 Å². The molecule has 4 rings (SSSR count). The van der Waals surface area contributed by atoms with Crippen LogP contribution in [0.15, 0.2) is 66.7 Å². The largest absolute Gasteiger partial charge is 0.493 e. The van der Waals surface area contributed by atoms with Gasteiger partial charge in [0.15, 0.2) is 23.9 Å². The summed E-state index contributed by atoms with van der Waals surface area (Å²) in [6, 6.07) is 17.9. The third kappa shape index (κ3) is 5.90. The lowest BCUT2D eigenvalue weighted by molar-refractivity contribution is -0.121. The fourth-order valence-corrected chi connectivity index (χ4v) is 4.06. The minimum absolute atomic E-state index is 0.0484. The lowest BCUT2D eigenvalue weighted by Gasteiger charge is -2.16. The zero-order valence-electron chi connectivity index (χ0n) is 21.4. The summed E-state index contributed by atoms with van der Waals surface area (Å²) < 4.78 is 15.5. The van der Waals surface area contributed by atoms with E-state index in [-0.39, 0.29) is 23.8 Å². The number of nitrogens with zero attached hydrogens (tertiary/aromatic N) is 1. The number of hydrogen-bond acceptors (Lipinski definition) is 8. The molecule has 196 valence electrons. The molecular formula is C29H28N2O7. The van der Waals surface area contributed by atoms with E-state index in [9.17, 15) is 19.2 Å². The Morgan fingerprint density at radius 2 is 1.55 bits per heavy atom. The van der Waals surface area contributed by atoms with Gasteiger partial charge in [-0.25, -0.2) is 9.69 Å². The second kappa shape index (κ2) is 11.7. The molecule has 9 heteroatoms. The van der Waals surface area contributed by atoms with Gasteiger partial charge in [-0.15, -0.1) is 0 Å². The monoisotopic (exact) mass is 516 g/mol. The standard InChI is InChI=1S/C29H28N2O7/c1-18-4-6-19(7-5-18)16-30-23-15-27(33)31(28(23)34)22-11-8-20(9-12-22)29(35)38-17-24(32)21-10-13-25(36-2)26(14-21)37-3/h4-14,23,30H,15-17H2,1-3H3. The quantitative estimate of drug-likeness (QED) is 0.248. The number of imide groups is 1. The van der Waals surface area contributed by atoms with Crippen LogP contribution in [0, 0.1) is 6.92 Å². The summed E-state index contributed by atoms with van der Waals surface area (Å²) in [5, 5.41) is 3.15. The molecule has 0 aliphatic carbocycles. The molecule has 2 amide bonds. The summed E-state index contributed by atoms with van der Waals surface area (Å²) in [4.78, 5) is 51.6. The minimum Gasteiger partial charge on any atom is -0.493 e. The molecule has 1 aliphatic rings. The van der Waals surface area contributed by atoms with E-state index in [1.54, 1.807) is 12.1 Å². The number of anilines is 1. The molecule has 1 fully saturated rings. The lowest BCUT2D eigenvalue weighted by Crippen LogP contribution is -2.38. The first kappa shape index (κ1) is 26.6. The number of methoxy groups -OCH3 is 2. The Labute approximate surface area is 220 Å². The van der Waals surface area contributed by atoms with E-state index in [0.717, 1.165) is 16.0 Å². The van der Waals surface area contributed by atoms with Crippen LogP contribution in [0.3, 0.4) is 0 Å². The minimum atomic E-state index is -0.706. The molecule has 3 aromatic rings. The zero-order valence-corrected chi connectivity index (χ0v) is 21.4. The second-order valence-electron chi connectivity index (χ2n) is 8.81. The summed E-state index contributed by atoms with van der Waals surface area (Å²) in [6.07, 6.45) is 0.0484. The molecule has 38 heavy (non-hydrogen) atoms. The van der Waals surface area contributed by atoms with Crippen molar-refractivity contribution in [2.75, 3.05) is 25.7 Å². The number of ether oxygens (including phenoxy) is 3. The van der Waals surface area contributed by atoms with Crippen LogP contribution in [-0.4, -0.2) is 50.4 Å². The second-order valence-corrected chi connectivity index (χ2v) is 8.81. The first-order chi connectivity index (χ1) is 18.3. The van der Waals surface area contributed by atoms with Gasteiger partial charge in [0.2, 0.25) is 5.91 Å². The molecule has 1 saturated heterocycles. The average Bonchev–Trinajstić information content (AvgIpc) is 3.23. The molecular weight excluding hydrogens is 488 g/mol. The van der Waals surface area contributed by atoms with Gasteiger partial charge in [0.05, 0.1) is 37.9 Å². The van der Waals surface area contributed by atoms with E-state index in [0.29, 0.717) is 29.3 Å². The summed E-state index contributed by atoms with van der Waals surface area (Å²) in [5.74, 6) is -0.927. The maximum absolute atomic E-state index is 12.9. The van der Waals surface area contributed by atoms with Crippen molar-refractivity contribution in [3.05, 3.63) is 89.0 Å². The van der Waals surface area contributed by atoms with Gasteiger partial charge >= 0.3 is 5.97 Å². The van der Waals surface area contributed by atoms with Crippen LogP contribution in [0.25, 0.3) is 0 Å². The van der Waals surface area contributed by atoms with Crippen molar-refractivity contribution in [1.29, 1.82) is 0 Å². The molecule has 9 nitrogen and oxygen atoms in total. The Balaban J connectivity index is 1.34. The maximum Gasteiger partial charge on any atom is 0.338 e. The van der Waals surface area contributed by atoms with Crippen molar-refractivity contribution < 1.29 is 33.4 Å². The van der Waals surface area contributed by atoms with Crippen LogP contribution in [-0.2, 0) is 20.9 Å². The molecule has 0 aromatic heterocycles. The van der Waals surface area contributed by atoms with Crippen LogP contribution >= 0.6 is 0 Å². The van der Waals surface area contributed by atoms with Gasteiger partial charge in [-0.1, -0.05) is 29.8 Å². The number of carbonyl (C=O) groups excluding carboxylic acids is 4. The predicted octanol–water partition coefficient (Wildman–Crippen LogP) is 3.47. The lowest BCUT2D eigenvalue weighted by atomic mass is 10.1. The highest BCUT2D eigenvalue weighted by atomic mass is 16.5. The Morgan fingerprint density at radius 1 is 0.895 bits per heavy atom. The predicted molar refractivity (Wildman–Crippen MR) is 140 cm³/mol. The Kier molecular flexibility index (Phi) is 8.18. The number of Topliss-reactive ketones (excluding diaryl/α,β-unsaturated/α-hetero) is 1. The fraction of sp³-hybridized carbons (Fsp3) is 0.241. The zero-order chi connectivity index (χ0) is 27.2. The summed E-state index contributed by atoms with van der Waals surface area (Å²) in [5.41, 5.74) is 3.01. The molecule has 3 aromatic carbocycles. The first-order valence-electron chi connectivity index (χ1n) is 12.0. The van der Waals surface area contributed by atoms with Crippen LogP contribution in [0.5, 0.6) is 11.5 Å². The summed E-state index contributed by atoms with van der Waals surface area (Å²) in [7, 11) is 2.95. The number of aryl methyl sites for hydroxylation is 1.